The smallest absolute Gasteiger partial charge is 0.339 e. The van der Waals surface area contributed by atoms with Crippen molar-refractivity contribution in [3.05, 3.63) is 101 Å². The van der Waals surface area contributed by atoms with Crippen molar-refractivity contribution in [2.75, 3.05) is 20.3 Å². The predicted molar refractivity (Wildman–Crippen MR) is 138 cm³/mol. The van der Waals surface area contributed by atoms with E-state index in [0.717, 1.165) is 51.9 Å². The molecule has 0 saturated carbocycles. The molecule has 3 aromatic carbocycles. The fraction of sp³-hybridized carbons (Fsp3) is 0.200. The summed E-state index contributed by atoms with van der Waals surface area (Å²) in [6.45, 7) is 2.50. The molecule has 1 heterocycles. The lowest BCUT2D eigenvalue weighted by Gasteiger charge is -2.13. The molecule has 4 aromatic rings. The molecule has 1 aliphatic rings. The topological polar surface area (TPSA) is 57.7 Å². The molecule has 5 nitrogen and oxygen atoms in total. The Morgan fingerprint density at radius 3 is 2.43 bits per heavy atom. The van der Waals surface area contributed by atoms with Gasteiger partial charge >= 0.3 is 5.97 Å². The van der Waals surface area contributed by atoms with Crippen LogP contribution in [0.15, 0.2) is 72.8 Å². The standard InChI is InChI=1S/C30H27NO4/c1-20-7-9-21(10-8-20)19-22-11-16-26-28(25-5-3-4-6-27(25)31-29(22)26)30(32)35-18-17-34-24-14-12-23(33-2)13-15-24/h3-10,12-15,19H,11,16-18H2,1-2H3. The molecule has 0 saturated heterocycles. The van der Waals surface area contributed by atoms with Crippen LogP contribution in [0.25, 0.3) is 22.6 Å². The summed E-state index contributed by atoms with van der Waals surface area (Å²) in [4.78, 5) is 18.2. The Kier molecular flexibility index (Phi) is 6.49. The van der Waals surface area contributed by atoms with Gasteiger partial charge in [0.2, 0.25) is 0 Å². The monoisotopic (exact) mass is 465 g/mol. The molecule has 0 aliphatic heterocycles. The van der Waals surface area contributed by atoms with E-state index in [1.807, 2.05) is 48.5 Å². The van der Waals surface area contributed by atoms with Gasteiger partial charge in [-0.05, 0) is 72.9 Å². The summed E-state index contributed by atoms with van der Waals surface area (Å²) in [5, 5.41) is 0.823. The quantitative estimate of drug-likeness (QED) is 0.238. The van der Waals surface area contributed by atoms with Crippen molar-refractivity contribution in [2.24, 2.45) is 0 Å². The van der Waals surface area contributed by atoms with Gasteiger partial charge in [-0.25, -0.2) is 9.78 Å². The number of hydrogen-bond donors (Lipinski definition) is 0. The maximum Gasteiger partial charge on any atom is 0.339 e. The van der Waals surface area contributed by atoms with Crippen LogP contribution in [0.1, 0.15) is 39.2 Å². The van der Waals surface area contributed by atoms with Crippen molar-refractivity contribution in [1.82, 2.24) is 4.98 Å². The Morgan fingerprint density at radius 2 is 1.66 bits per heavy atom. The second kappa shape index (κ2) is 10.0. The normalized spacial score (nSPS) is 13.6. The van der Waals surface area contributed by atoms with E-state index in [-0.39, 0.29) is 19.2 Å². The van der Waals surface area contributed by atoms with Crippen LogP contribution in [0.3, 0.4) is 0 Å². The molecule has 0 N–H and O–H groups in total. The highest BCUT2D eigenvalue weighted by Crippen LogP contribution is 2.37. The summed E-state index contributed by atoms with van der Waals surface area (Å²) in [6.07, 6.45) is 3.77. The molecule has 1 aromatic heterocycles. The number of allylic oxidation sites excluding steroid dienone is 1. The van der Waals surface area contributed by atoms with Crippen molar-refractivity contribution < 1.29 is 19.0 Å². The maximum absolute atomic E-state index is 13.3. The van der Waals surface area contributed by atoms with E-state index in [4.69, 9.17) is 19.2 Å². The van der Waals surface area contributed by atoms with Crippen molar-refractivity contribution >= 4 is 28.5 Å². The minimum Gasteiger partial charge on any atom is -0.497 e. The first-order chi connectivity index (χ1) is 17.1. The molecule has 35 heavy (non-hydrogen) atoms. The van der Waals surface area contributed by atoms with E-state index >= 15 is 0 Å². The summed E-state index contributed by atoms with van der Waals surface area (Å²) < 4.78 is 16.5. The lowest BCUT2D eigenvalue weighted by molar-refractivity contribution is 0.0451. The summed E-state index contributed by atoms with van der Waals surface area (Å²) in [5.74, 6) is 1.12. The van der Waals surface area contributed by atoms with Gasteiger partial charge in [-0.15, -0.1) is 0 Å². The zero-order valence-electron chi connectivity index (χ0n) is 19.9. The van der Waals surface area contributed by atoms with Gasteiger partial charge in [0.25, 0.3) is 0 Å². The van der Waals surface area contributed by atoms with E-state index in [0.29, 0.717) is 11.3 Å². The largest absolute Gasteiger partial charge is 0.497 e. The Labute approximate surface area is 205 Å². The molecule has 0 radical (unpaired) electrons. The number of ether oxygens (including phenoxy) is 3. The Balaban J connectivity index is 1.37. The Morgan fingerprint density at radius 1 is 0.914 bits per heavy atom. The molecule has 0 bridgehead atoms. The van der Waals surface area contributed by atoms with Crippen LogP contribution >= 0.6 is 0 Å². The Bertz CT molecular complexity index is 1390. The highest BCUT2D eigenvalue weighted by molar-refractivity contribution is 6.07. The van der Waals surface area contributed by atoms with Crippen molar-refractivity contribution in [1.29, 1.82) is 0 Å². The number of esters is 1. The Hall–Kier alpha value is -4.12. The summed E-state index contributed by atoms with van der Waals surface area (Å²) >= 11 is 0. The van der Waals surface area contributed by atoms with E-state index in [2.05, 4.69) is 37.3 Å². The third kappa shape index (κ3) is 4.90. The number of carbonyl (C=O) groups excluding carboxylic acids is 1. The molecule has 0 unspecified atom stereocenters. The molecule has 1 aliphatic carbocycles. The van der Waals surface area contributed by atoms with Gasteiger partial charge in [-0.3, -0.25) is 0 Å². The molecule has 5 heteroatoms. The first-order valence-electron chi connectivity index (χ1n) is 11.8. The van der Waals surface area contributed by atoms with Gasteiger partial charge in [0, 0.05) is 5.39 Å². The second-order valence-corrected chi connectivity index (χ2v) is 8.57. The predicted octanol–water partition coefficient (Wildman–Crippen LogP) is 6.27. The first-order valence-corrected chi connectivity index (χ1v) is 11.8. The number of nitrogens with zero attached hydrogens (tertiary/aromatic N) is 1. The van der Waals surface area contributed by atoms with Crippen molar-refractivity contribution in [2.45, 2.75) is 19.8 Å². The van der Waals surface area contributed by atoms with Gasteiger partial charge in [-0.2, -0.15) is 0 Å². The molecule has 5 rings (SSSR count). The highest BCUT2D eigenvalue weighted by Gasteiger charge is 2.27. The molecule has 0 atom stereocenters. The number of pyridine rings is 1. The third-order valence-corrected chi connectivity index (χ3v) is 6.21. The van der Waals surface area contributed by atoms with Gasteiger partial charge in [0.15, 0.2) is 0 Å². The summed E-state index contributed by atoms with van der Waals surface area (Å²) in [7, 11) is 1.62. The van der Waals surface area contributed by atoms with E-state index in [1.165, 1.54) is 5.56 Å². The van der Waals surface area contributed by atoms with Crippen molar-refractivity contribution in [3.63, 3.8) is 0 Å². The van der Waals surface area contributed by atoms with Gasteiger partial charge in [0.05, 0.1) is 23.9 Å². The van der Waals surface area contributed by atoms with E-state index in [1.54, 1.807) is 7.11 Å². The number of carbonyl (C=O) groups is 1. The average molecular weight is 466 g/mol. The van der Waals surface area contributed by atoms with E-state index < -0.39 is 0 Å². The molecule has 176 valence electrons. The number of hydrogen-bond acceptors (Lipinski definition) is 5. The number of methoxy groups -OCH3 is 1. The van der Waals surface area contributed by atoms with E-state index in [9.17, 15) is 4.79 Å². The average Bonchev–Trinajstić information content (AvgIpc) is 3.28. The van der Waals surface area contributed by atoms with Crippen LogP contribution in [0, 0.1) is 6.92 Å². The fourth-order valence-electron chi connectivity index (χ4n) is 4.41. The van der Waals surface area contributed by atoms with Crippen LogP contribution in [-0.2, 0) is 11.2 Å². The SMILES string of the molecule is COc1ccc(OCCOC(=O)c2c3c(nc4ccccc24)C(=Cc2ccc(C)cc2)CC3)cc1. The first kappa shape index (κ1) is 22.7. The number of aryl methyl sites for hydroxylation is 1. The maximum atomic E-state index is 13.3. The van der Waals surface area contributed by atoms with Crippen LogP contribution in [0.2, 0.25) is 0 Å². The minimum atomic E-state index is -0.338. The molecular weight excluding hydrogens is 438 g/mol. The zero-order valence-corrected chi connectivity index (χ0v) is 19.9. The van der Waals surface area contributed by atoms with Gasteiger partial charge in [-0.1, -0.05) is 48.0 Å². The van der Waals surface area contributed by atoms with Crippen LogP contribution < -0.4 is 9.47 Å². The molecule has 0 fully saturated rings. The van der Waals surface area contributed by atoms with Gasteiger partial charge < -0.3 is 14.2 Å². The molecule has 0 amide bonds. The zero-order chi connectivity index (χ0) is 24.2. The summed E-state index contributed by atoms with van der Waals surface area (Å²) in [5.41, 5.74) is 6.77. The lowest BCUT2D eigenvalue weighted by atomic mass is 10.0. The van der Waals surface area contributed by atoms with Crippen molar-refractivity contribution in [3.8, 4) is 11.5 Å². The minimum absolute atomic E-state index is 0.155. The summed E-state index contributed by atoms with van der Waals surface area (Å²) in [6, 6.07) is 23.5. The number of fused-ring (bicyclic) bond motifs is 2. The van der Waals surface area contributed by atoms with Crippen LogP contribution in [0.4, 0.5) is 0 Å². The van der Waals surface area contributed by atoms with Crippen LogP contribution in [-0.4, -0.2) is 31.3 Å². The fourth-order valence-corrected chi connectivity index (χ4v) is 4.41. The number of para-hydroxylation sites is 1. The highest BCUT2D eigenvalue weighted by atomic mass is 16.6. The number of aromatic nitrogens is 1. The third-order valence-electron chi connectivity index (χ3n) is 6.21. The lowest BCUT2D eigenvalue weighted by Crippen LogP contribution is -2.15. The number of rotatable bonds is 7. The van der Waals surface area contributed by atoms with Gasteiger partial charge in [0.1, 0.15) is 24.7 Å². The number of benzene rings is 3. The second-order valence-electron chi connectivity index (χ2n) is 8.57. The van der Waals surface area contributed by atoms with Crippen LogP contribution in [0.5, 0.6) is 11.5 Å². The molecule has 0 spiro atoms. The molecular formula is C30H27NO4.